The van der Waals surface area contributed by atoms with Crippen LogP contribution in [0.15, 0.2) is 24.3 Å². The lowest BCUT2D eigenvalue weighted by atomic mass is 9.66. The van der Waals surface area contributed by atoms with E-state index in [4.69, 9.17) is 14.2 Å². The van der Waals surface area contributed by atoms with Gasteiger partial charge in [-0.3, -0.25) is 9.59 Å². The lowest BCUT2D eigenvalue weighted by molar-refractivity contribution is -0.180. The second-order valence-electron chi connectivity index (χ2n) is 19.2. The Balaban J connectivity index is 1.30. The van der Waals surface area contributed by atoms with Crippen LogP contribution in [0.1, 0.15) is 108 Å². The Hall–Kier alpha value is -2.53. The molecular weight excluding hydrogens is 819 g/mol. The second-order valence-corrected chi connectivity index (χ2v) is 21.8. The maximum absolute atomic E-state index is 15.2. The van der Waals surface area contributed by atoms with Crippen molar-refractivity contribution in [2.45, 2.75) is 151 Å². The first kappa shape index (κ1) is 46.5. The van der Waals surface area contributed by atoms with Crippen LogP contribution in [0.25, 0.3) is 0 Å². The molecule has 11 unspecified atom stereocenters. The summed E-state index contributed by atoms with van der Waals surface area (Å²) in [5.74, 6) is -0.581. The van der Waals surface area contributed by atoms with E-state index in [1.807, 2.05) is 20.0 Å². The highest BCUT2D eigenvalue weighted by molar-refractivity contribution is 8.77. The van der Waals surface area contributed by atoms with Crippen LogP contribution in [-0.2, 0) is 36.7 Å². The molecule has 61 heavy (non-hydrogen) atoms. The molecule has 0 aromatic heterocycles. The van der Waals surface area contributed by atoms with Gasteiger partial charge in [-0.15, -0.1) is 0 Å². The number of aliphatic hydroxyl groups is 3. The number of phenols is 1. The maximum Gasteiger partial charge on any atom is 0.332 e. The number of phenolic OH excluding ortho intramolecular Hbond substituents is 1. The van der Waals surface area contributed by atoms with E-state index in [-0.39, 0.29) is 59.6 Å². The van der Waals surface area contributed by atoms with E-state index in [1.165, 1.54) is 6.92 Å². The molecule has 11 atom stereocenters. The molecule has 3 saturated heterocycles. The van der Waals surface area contributed by atoms with Crippen molar-refractivity contribution in [3.05, 3.63) is 35.4 Å². The van der Waals surface area contributed by atoms with E-state index in [2.05, 4.69) is 28.1 Å². The number of benzene rings is 1. The van der Waals surface area contributed by atoms with Crippen LogP contribution in [0.5, 0.6) is 11.5 Å². The summed E-state index contributed by atoms with van der Waals surface area (Å²) in [7, 11) is 5.11. The zero-order valence-corrected chi connectivity index (χ0v) is 37.8. The Labute approximate surface area is 369 Å². The van der Waals surface area contributed by atoms with Gasteiger partial charge in [0.25, 0.3) is 0 Å². The predicted molar refractivity (Wildman–Crippen MR) is 236 cm³/mol. The number of aromatic hydroxyl groups is 1. The summed E-state index contributed by atoms with van der Waals surface area (Å²) >= 11 is 0. The summed E-state index contributed by atoms with van der Waals surface area (Å²) in [5.41, 5.74) is -0.938. The molecule has 2 aliphatic carbocycles. The third kappa shape index (κ3) is 10.5. The van der Waals surface area contributed by atoms with E-state index in [9.17, 15) is 30.0 Å². The molecule has 15 heteroatoms. The number of ether oxygens (including phenoxy) is 3. The topological polar surface area (TPSA) is 196 Å². The first-order chi connectivity index (χ1) is 29.3. The molecule has 340 valence electrons. The van der Waals surface area contributed by atoms with Gasteiger partial charge in [0, 0.05) is 55.1 Å². The largest absolute Gasteiger partial charge is 0.504 e. The smallest absolute Gasteiger partial charge is 0.332 e. The van der Waals surface area contributed by atoms with Crippen molar-refractivity contribution in [1.82, 2.24) is 16.0 Å². The number of carbonyl (C=O) groups is 3. The molecule has 5 heterocycles. The number of likely N-dealkylation sites (N-methyl/N-ethyl adjacent to an activating group) is 1. The highest BCUT2D eigenvalue weighted by Gasteiger charge is 2.54. The quantitative estimate of drug-likeness (QED) is 0.0864. The Kier molecular flexibility index (Phi) is 15.3. The van der Waals surface area contributed by atoms with Gasteiger partial charge in [0.05, 0.1) is 23.6 Å². The van der Waals surface area contributed by atoms with Gasteiger partial charge in [-0.25, -0.2) is 4.79 Å². The van der Waals surface area contributed by atoms with E-state index < -0.39 is 46.8 Å². The fraction of sp³-hybridized carbons (Fsp3) is 0.761. The van der Waals surface area contributed by atoms with Gasteiger partial charge in [0.2, 0.25) is 5.91 Å². The molecule has 1 amide bonds. The minimum absolute atomic E-state index is 0.000912. The molecule has 4 fully saturated rings. The van der Waals surface area contributed by atoms with Crippen LogP contribution < -0.4 is 20.7 Å². The lowest BCUT2D eigenvalue weighted by Crippen LogP contribution is -2.65. The number of aliphatic hydroxyl groups excluding tert-OH is 2. The molecule has 1 aromatic carbocycles. The molecular formula is C46H69N3O10S2. The lowest BCUT2D eigenvalue weighted by Gasteiger charge is -2.49. The number of fused-ring (bicyclic) bond motifs is 10. The van der Waals surface area contributed by atoms with Gasteiger partial charge in [0.15, 0.2) is 11.5 Å². The van der Waals surface area contributed by atoms with Crippen LogP contribution in [0, 0.1) is 29.1 Å². The molecule has 2 bridgehead atoms. The van der Waals surface area contributed by atoms with E-state index in [0.29, 0.717) is 102 Å². The van der Waals surface area contributed by atoms with E-state index in [0.717, 1.165) is 30.4 Å². The van der Waals surface area contributed by atoms with Crippen LogP contribution in [-0.4, -0.2) is 118 Å². The molecule has 8 rings (SSSR count). The van der Waals surface area contributed by atoms with Crippen LogP contribution in [0.2, 0.25) is 0 Å². The molecule has 0 radical (unpaired) electrons. The van der Waals surface area contributed by atoms with Crippen molar-refractivity contribution in [3.63, 3.8) is 0 Å². The first-order valence-electron chi connectivity index (χ1n) is 22.8. The number of nitrogens with one attached hydrogen (secondary N) is 3. The number of amides is 1. The summed E-state index contributed by atoms with van der Waals surface area (Å²) < 4.78 is 19.6. The summed E-state index contributed by atoms with van der Waals surface area (Å²) in [6.07, 6.45) is 10.7. The first-order valence-corrected chi connectivity index (χ1v) is 25.2. The molecule has 5 aliphatic heterocycles. The van der Waals surface area contributed by atoms with Gasteiger partial charge < -0.3 is 50.6 Å². The van der Waals surface area contributed by atoms with Crippen molar-refractivity contribution in [3.8, 4) is 11.5 Å². The zero-order valence-electron chi connectivity index (χ0n) is 36.2. The number of carbonyl (C=O) groups excluding carboxylic acids is 3. The number of piperidine rings is 2. The number of esters is 2. The summed E-state index contributed by atoms with van der Waals surface area (Å²) in [6.45, 7) is 5.00. The van der Waals surface area contributed by atoms with Crippen molar-refractivity contribution in [2.24, 2.45) is 29.1 Å². The van der Waals surface area contributed by atoms with E-state index in [1.54, 1.807) is 27.7 Å². The molecule has 13 nitrogen and oxygen atoms in total. The summed E-state index contributed by atoms with van der Waals surface area (Å²) in [5, 5.41) is 54.3. The number of hydrogen-bond donors (Lipinski definition) is 7. The highest BCUT2D eigenvalue weighted by atomic mass is 33.1. The average molecular weight is 888 g/mol. The fourth-order valence-corrected chi connectivity index (χ4v) is 14.6. The van der Waals surface area contributed by atoms with Gasteiger partial charge in [-0.2, -0.15) is 0 Å². The maximum atomic E-state index is 15.2. The minimum Gasteiger partial charge on any atom is -0.504 e. The van der Waals surface area contributed by atoms with Gasteiger partial charge in [0.1, 0.15) is 17.7 Å². The highest BCUT2D eigenvalue weighted by Crippen LogP contribution is 2.49. The predicted octanol–water partition coefficient (Wildman–Crippen LogP) is 4.75. The van der Waals surface area contributed by atoms with E-state index >= 15 is 4.79 Å². The fourth-order valence-electron chi connectivity index (χ4n) is 11.4. The second kappa shape index (κ2) is 20.1. The third-order valence-electron chi connectivity index (χ3n) is 14.9. The zero-order chi connectivity index (χ0) is 43.4. The van der Waals surface area contributed by atoms with Crippen molar-refractivity contribution >= 4 is 39.4 Å². The standard InChI is InChI=1S/C46H69N3O10S2/c1-28(51)58-36(30-13-16-44(2,56)27-60-61-37-11-8-31(23-30)41(54)40(37)47-3)24-38(59-43(55)46-15-5-4-6-33(46)9-12-39(53)49-46)45(17-19-48-20-18-45)25-32-7-10-35(52)42-34(32)22-29(14-21-50)26-57-42/h7-8,10-11,29-31,33,36-38,40-41,47-48,50,52,54,56H,4-6,9,12-27H2,1-3H3,(H,49,53). The van der Waals surface area contributed by atoms with Crippen LogP contribution >= 0.6 is 21.6 Å². The Morgan fingerprint density at radius 2 is 1.89 bits per heavy atom. The number of rotatable bonds is 12. The van der Waals surface area contributed by atoms with Gasteiger partial charge >= 0.3 is 11.9 Å². The molecule has 1 aromatic rings. The SMILES string of the molecule is CNC1C2C=CC(CC(C(CC(OC(=O)C34CCCCC3CCC(=O)N4)C3(Cc4ccc(O)c5c4CC(CCO)CO5)CCNCC3)OC(C)=O)CCC(C)(O)CSS2)C1O. The summed E-state index contributed by atoms with van der Waals surface area (Å²) in [4.78, 5) is 41.5. The molecule has 7 N–H and O–H groups in total. The van der Waals surface area contributed by atoms with Gasteiger partial charge in [-0.05, 0) is 127 Å². The summed E-state index contributed by atoms with van der Waals surface area (Å²) in [6, 6.07) is 3.39. The number of hydrogen-bond acceptors (Lipinski definition) is 14. The minimum atomic E-state index is -1.14. The third-order valence-corrected chi connectivity index (χ3v) is 17.9. The van der Waals surface area contributed by atoms with Crippen LogP contribution in [0.3, 0.4) is 0 Å². The monoisotopic (exact) mass is 887 g/mol. The van der Waals surface area contributed by atoms with Crippen molar-refractivity contribution < 1.29 is 49.0 Å². The Morgan fingerprint density at radius 1 is 1.08 bits per heavy atom. The van der Waals surface area contributed by atoms with Crippen LogP contribution in [0.4, 0.5) is 0 Å². The Morgan fingerprint density at radius 3 is 2.64 bits per heavy atom. The molecule has 0 spiro atoms. The average Bonchev–Trinajstić information content (AvgIpc) is 3.23. The molecule has 7 aliphatic rings. The Bertz CT molecular complexity index is 1740. The van der Waals surface area contributed by atoms with Gasteiger partial charge in [-0.1, -0.05) is 52.6 Å². The van der Waals surface area contributed by atoms with Crippen molar-refractivity contribution in [2.75, 3.05) is 39.1 Å². The normalized spacial score (nSPS) is 34.9. The van der Waals surface area contributed by atoms with Crippen molar-refractivity contribution in [1.29, 1.82) is 0 Å². The molecule has 1 saturated carbocycles.